The summed E-state index contributed by atoms with van der Waals surface area (Å²) in [4.78, 5) is 14.0. The molecule has 5 heteroatoms. The Morgan fingerprint density at radius 3 is 2.50 bits per heavy atom. The van der Waals surface area contributed by atoms with Gasteiger partial charge in [-0.25, -0.2) is 4.68 Å². The van der Waals surface area contributed by atoms with Gasteiger partial charge >= 0.3 is 0 Å². The lowest BCUT2D eigenvalue weighted by Crippen LogP contribution is -2.37. The van der Waals surface area contributed by atoms with Crippen LogP contribution in [0.5, 0.6) is 0 Å². The molecular formula is C19H23N3OS. The van der Waals surface area contributed by atoms with Gasteiger partial charge in [0.05, 0.1) is 17.7 Å². The Bertz CT molecular complexity index is 891. The van der Waals surface area contributed by atoms with E-state index in [9.17, 15) is 4.79 Å². The van der Waals surface area contributed by atoms with Crippen LogP contribution in [-0.4, -0.2) is 9.78 Å². The third-order valence-corrected chi connectivity index (χ3v) is 5.13. The van der Waals surface area contributed by atoms with Gasteiger partial charge < -0.3 is 0 Å². The van der Waals surface area contributed by atoms with Crippen molar-refractivity contribution in [3.05, 3.63) is 62.7 Å². The summed E-state index contributed by atoms with van der Waals surface area (Å²) in [5.41, 5.74) is 0.860. The van der Waals surface area contributed by atoms with Gasteiger partial charge in [0.2, 0.25) is 0 Å². The number of fused-ring (bicyclic) bond motifs is 1. The van der Waals surface area contributed by atoms with Crippen LogP contribution in [0.15, 0.2) is 46.6 Å². The van der Waals surface area contributed by atoms with E-state index in [0.29, 0.717) is 6.67 Å². The quantitative estimate of drug-likeness (QED) is 0.777. The second kappa shape index (κ2) is 6.49. The van der Waals surface area contributed by atoms with E-state index in [1.807, 2.05) is 31.2 Å². The Hall–Kier alpha value is -1.98. The van der Waals surface area contributed by atoms with E-state index in [2.05, 4.69) is 48.7 Å². The highest BCUT2D eigenvalue weighted by Gasteiger charge is 2.26. The average molecular weight is 341 g/mol. The molecule has 4 nitrogen and oxygen atoms in total. The zero-order chi connectivity index (χ0) is 17.3. The molecule has 2 aromatic heterocycles. The first-order chi connectivity index (χ1) is 11.4. The summed E-state index contributed by atoms with van der Waals surface area (Å²) in [6, 6.07) is 12.0. The highest BCUT2D eigenvalue weighted by Crippen LogP contribution is 2.35. The number of hydrogen-bond donors (Lipinski definition) is 1. The molecule has 2 heterocycles. The first-order valence-corrected chi connectivity index (χ1v) is 8.99. The molecule has 0 spiro atoms. The number of aromatic nitrogens is 2. The number of hydrogen-bond acceptors (Lipinski definition) is 4. The number of thiophene rings is 1. The molecule has 0 amide bonds. The Morgan fingerprint density at radius 1 is 1.17 bits per heavy atom. The number of rotatable bonds is 4. The van der Waals surface area contributed by atoms with E-state index in [4.69, 9.17) is 0 Å². The molecule has 0 aliphatic heterocycles. The average Bonchev–Trinajstić information content (AvgIpc) is 3.05. The van der Waals surface area contributed by atoms with Crippen LogP contribution in [0.25, 0.3) is 10.8 Å². The van der Waals surface area contributed by atoms with Crippen LogP contribution in [0, 0.1) is 12.3 Å². The summed E-state index contributed by atoms with van der Waals surface area (Å²) in [5.74, 6) is 0. The molecule has 1 atom stereocenters. The summed E-state index contributed by atoms with van der Waals surface area (Å²) in [5, 5.41) is 11.7. The van der Waals surface area contributed by atoms with E-state index < -0.39 is 0 Å². The van der Waals surface area contributed by atoms with Crippen LogP contribution in [0.2, 0.25) is 0 Å². The molecule has 126 valence electrons. The standard InChI is InChI=1S/C19H23N3OS/c1-13-14-8-5-6-9-15(14)18(23)22(21-13)12-20-17(19(2,3)4)16-10-7-11-24-16/h5-11,17,20H,12H2,1-4H3. The second-order valence-corrected chi connectivity index (χ2v) is 8.09. The third kappa shape index (κ3) is 3.28. The third-order valence-electron chi connectivity index (χ3n) is 4.19. The van der Waals surface area contributed by atoms with Crippen molar-refractivity contribution in [2.24, 2.45) is 5.41 Å². The fraction of sp³-hybridized carbons (Fsp3) is 0.368. The topological polar surface area (TPSA) is 46.9 Å². The van der Waals surface area contributed by atoms with Gasteiger partial charge in [-0.2, -0.15) is 5.10 Å². The molecule has 0 saturated heterocycles. The van der Waals surface area contributed by atoms with Crippen LogP contribution in [-0.2, 0) is 6.67 Å². The maximum atomic E-state index is 12.7. The zero-order valence-corrected chi connectivity index (χ0v) is 15.4. The summed E-state index contributed by atoms with van der Waals surface area (Å²) >= 11 is 1.73. The minimum atomic E-state index is -0.0532. The highest BCUT2D eigenvalue weighted by atomic mass is 32.1. The van der Waals surface area contributed by atoms with Crippen molar-refractivity contribution in [1.29, 1.82) is 0 Å². The minimum Gasteiger partial charge on any atom is -0.290 e. The molecule has 0 saturated carbocycles. The Balaban J connectivity index is 1.92. The predicted molar refractivity (Wildman–Crippen MR) is 100 cm³/mol. The van der Waals surface area contributed by atoms with Gasteiger partial charge in [-0.1, -0.05) is 45.0 Å². The lowest BCUT2D eigenvalue weighted by Gasteiger charge is -2.31. The van der Waals surface area contributed by atoms with E-state index in [1.165, 1.54) is 9.56 Å². The molecule has 1 unspecified atom stereocenters. The molecule has 0 fully saturated rings. The summed E-state index contributed by atoms with van der Waals surface area (Å²) < 4.78 is 1.53. The predicted octanol–water partition coefficient (Wildman–Crippen LogP) is 4.10. The fourth-order valence-corrected chi connectivity index (χ4v) is 4.02. The van der Waals surface area contributed by atoms with Crippen molar-refractivity contribution in [3.8, 4) is 0 Å². The van der Waals surface area contributed by atoms with E-state index in [1.54, 1.807) is 11.3 Å². The van der Waals surface area contributed by atoms with Crippen LogP contribution in [0.3, 0.4) is 0 Å². The van der Waals surface area contributed by atoms with E-state index >= 15 is 0 Å². The van der Waals surface area contributed by atoms with E-state index in [0.717, 1.165) is 16.5 Å². The normalized spacial score (nSPS) is 13.3. The molecule has 1 N–H and O–H groups in total. The maximum absolute atomic E-state index is 12.7. The number of benzene rings is 1. The minimum absolute atomic E-state index is 0.0420. The molecule has 3 aromatic rings. The highest BCUT2D eigenvalue weighted by molar-refractivity contribution is 7.10. The van der Waals surface area contributed by atoms with Crippen molar-refractivity contribution < 1.29 is 0 Å². The molecule has 0 radical (unpaired) electrons. The van der Waals surface area contributed by atoms with Gasteiger partial charge in [0.15, 0.2) is 0 Å². The van der Waals surface area contributed by atoms with Crippen molar-refractivity contribution in [2.45, 2.75) is 40.4 Å². The van der Waals surface area contributed by atoms with Crippen LogP contribution in [0.1, 0.15) is 37.4 Å². The Kier molecular flexibility index (Phi) is 4.56. The second-order valence-electron chi connectivity index (χ2n) is 7.11. The van der Waals surface area contributed by atoms with Crippen molar-refractivity contribution >= 4 is 22.1 Å². The van der Waals surface area contributed by atoms with Crippen molar-refractivity contribution in [1.82, 2.24) is 15.1 Å². The smallest absolute Gasteiger partial charge is 0.275 e. The number of aryl methyl sites for hydroxylation is 1. The molecule has 1 aromatic carbocycles. The Labute approximate surface area is 146 Å². The Morgan fingerprint density at radius 2 is 1.88 bits per heavy atom. The van der Waals surface area contributed by atoms with Crippen molar-refractivity contribution in [2.75, 3.05) is 0 Å². The lowest BCUT2D eigenvalue weighted by atomic mass is 9.86. The molecule has 0 aliphatic rings. The fourth-order valence-electron chi connectivity index (χ4n) is 2.98. The number of nitrogens with one attached hydrogen (secondary N) is 1. The molecular weight excluding hydrogens is 318 g/mol. The molecule has 0 bridgehead atoms. The summed E-state index contributed by atoms with van der Waals surface area (Å²) in [6.07, 6.45) is 0. The van der Waals surface area contributed by atoms with Crippen molar-refractivity contribution in [3.63, 3.8) is 0 Å². The first-order valence-electron chi connectivity index (χ1n) is 8.11. The number of nitrogens with zero attached hydrogens (tertiary/aromatic N) is 2. The monoisotopic (exact) mass is 341 g/mol. The SMILES string of the molecule is Cc1nn(CNC(c2cccs2)C(C)(C)C)c(=O)c2ccccc12. The first kappa shape index (κ1) is 16.9. The van der Waals surface area contributed by atoms with Crippen LogP contribution in [0.4, 0.5) is 0 Å². The zero-order valence-electron chi connectivity index (χ0n) is 14.5. The summed E-state index contributed by atoms with van der Waals surface area (Å²) in [6.45, 7) is 8.94. The van der Waals surface area contributed by atoms with Crippen LogP contribution >= 0.6 is 11.3 Å². The molecule has 0 aliphatic carbocycles. The van der Waals surface area contributed by atoms with Gasteiger partial charge in [0.25, 0.3) is 5.56 Å². The van der Waals surface area contributed by atoms with Gasteiger partial charge in [0.1, 0.15) is 0 Å². The van der Waals surface area contributed by atoms with Gasteiger partial charge in [-0.05, 0) is 29.9 Å². The largest absolute Gasteiger partial charge is 0.290 e. The summed E-state index contributed by atoms with van der Waals surface area (Å²) in [7, 11) is 0. The van der Waals surface area contributed by atoms with E-state index in [-0.39, 0.29) is 17.0 Å². The molecule has 24 heavy (non-hydrogen) atoms. The maximum Gasteiger partial charge on any atom is 0.275 e. The van der Waals surface area contributed by atoms with Gasteiger partial charge in [0, 0.05) is 16.3 Å². The van der Waals surface area contributed by atoms with Gasteiger partial charge in [-0.15, -0.1) is 11.3 Å². The van der Waals surface area contributed by atoms with Gasteiger partial charge in [-0.3, -0.25) is 10.1 Å². The lowest BCUT2D eigenvalue weighted by molar-refractivity contribution is 0.253. The molecule has 3 rings (SSSR count). The van der Waals surface area contributed by atoms with Crippen LogP contribution < -0.4 is 10.9 Å².